The minimum absolute atomic E-state index is 0.367. The van der Waals surface area contributed by atoms with Crippen LogP contribution < -0.4 is 15.5 Å². The normalized spacial score (nSPS) is 11.0. The lowest BCUT2D eigenvalue weighted by atomic mass is 10.0. The van der Waals surface area contributed by atoms with Crippen LogP contribution in [0.1, 0.15) is 5.69 Å². The van der Waals surface area contributed by atoms with Gasteiger partial charge in [-0.2, -0.15) is 5.10 Å². The first-order chi connectivity index (χ1) is 13.8. The van der Waals surface area contributed by atoms with Crippen LogP contribution in [0.5, 0.6) is 5.75 Å². The number of aromatic nitrogens is 1. The highest BCUT2D eigenvalue weighted by Gasteiger charge is 2.06. The van der Waals surface area contributed by atoms with Gasteiger partial charge in [-0.15, -0.1) is 0 Å². The molecule has 4 aromatic rings. The number of thiocarbonyl (C=S) groups is 1. The quantitative estimate of drug-likeness (QED) is 0.230. The van der Waals surface area contributed by atoms with Gasteiger partial charge < -0.3 is 10.1 Å². The summed E-state index contributed by atoms with van der Waals surface area (Å²) in [7, 11) is 1.62. The minimum Gasteiger partial charge on any atom is -0.495 e. The fourth-order valence-electron chi connectivity index (χ4n) is 3.08. The number of nitrogens with zero attached hydrogens (tertiary/aromatic N) is 2. The van der Waals surface area contributed by atoms with Crippen LogP contribution in [0.25, 0.3) is 21.7 Å². The average Bonchev–Trinajstić information content (AvgIpc) is 2.74. The van der Waals surface area contributed by atoms with E-state index in [-0.39, 0.29) is 0 Å². The molecule has 0 aliphatic carbocycles. The van der Waals surface area contributed by atoms with Crippen LogP contribution in [-0.2, 0) is 0 Å². The molecular formula is C22H18N4OS. The lowest BCUT2D eigenvalue weighted by Crippen LogP contribution is -2.24. The molecule has 4 rings (SSSR count). The zero-order chi connectivity index (χ0) is 19.3. The standard InChI is InChI=1S/C22H18N4OS/c1-27-21-13-7-6-12-19(21)25-22(28)26-23-14-20-17-10-3-2-8-15(17)16-9-4-5-11-18(16)24-20/h2-14H,1H3,(H2,25,26,28)/b23-14-. The van der Waals surface area contributed by atoms with Crippen LogP contribution in [0.15, 0.2) is 77.9 Å². The first kappa shape index (κ1) is 17.9. The van der Waals surface area contributed by atoms with Crippen LogP contribution >= 0.6 is 12.2 Å². The van der Waals surface area contributed by atoms with Crippen LogP contribution in [0.3, 0.4) is 0 Å². The number of para-hydroxylation sites is 3. The van der Waals surface area contributed by atoms with Crippen molar-refractivity contribution < 1.29 is 4.74 Å². The van der Waals surface area contributed by atoms with Crippen LogP contribution in [0.2, 0.25) is 0 Å². The van der Waals surface area contributed by atoms with E-state index in [9.17, 15) is 0 Å². The molecule has 0 aliphatic rings. The lowest BCUT2D eigenvalue weighted by Gasteiger charge is -2.11. The van der Waals surface area contributed by atoms with E-state index in [1.54, 1.807) is 13.3 Å². The molecule has 3 aromatic carbocycles. The first-order valence-electron chi connectivity index (χ1n) is 8.77. The summed E-state index contributed by atoms with van der Waals surface area (Å²) in [5, 5.41) is 11.0. The summed E-state index contributed by atoms with van der Waals surface area (Å²) >= 11 is 5.32. The molecule has 1 aromatic heterocycles. The monoisotopic (exact) mass is 386 g/mol. The Morgan fingerprint density at radius 1 is 0.929 bits per heavy atom. The Labute approximate surface area is 168 Å². The highest BCUT2D eigenvalue weighted by Crippen LogP contribution is 2.25. The Hall–Kier alpha value is -3.51. The van der Waals surface area contributed by atoms with Gasteiger partial charge >= 0.3 is 0 Å². The second kappa shape index (κ2) is 8.02. The molecule has 0 bridgehead atoms. The van der Waals surface area contributed by atoms with Gasteiger partial charge in [-0.05, 0) is 35.8 Å². The van der Waals surface area contributed by atoms with Gasteiger partial charge in [-0.25, -0.2) is 4.98 Å². The van der Waals surface area contributed by atoms with Gasteiger partial charge in [0.05, 0.1) is 30.2 Å². The van der Waals surface area contributed by atoms with Crippen molar-refractivity contribution in [3.63, 3.8) is 0 Å². The van der Waals surface area contributed by atoms with Crippen molar-refractivity contribution in [2.75, 3.05) is 12.4 Å². The predicted octanol–water partition coefficient (Wildman–Crippen LogP) is 4.72. The van der Waals surface area contributed by atoms with E-state index >= 15 is 0 Å². The first-order valence-corrected chi connectivity index (χ1v) is 9.17. The molecular weight excluding hydrogens is 368 g/mol. The summed E-state index contributed by atoms with van der Waals surface area (Å²) in [6.45, 7) is 0. The number of hydrogen-bond donors (Lipinski definition) is 2. The molecule has 138 valence electrons. The van der Waals surface area contributed by atoms with Crippen molar-refractivity contribution in [3.8, 4) is 5.75 Å². The van der Waals surface area contributed by atoms with Gasteiger partial charge in [0, 0.05) is 10.8 Å². The zero-order valence-corrected chi connectivity index (χ0v) is 16.0. The van der Waals surface area contributed by atoms with Gasteiger partial charge in [0.1, 0.15) is 5.75 Å². The summed E-state index contributed by atoms with van der Waals surface area (Å²) in [5.41, 5.74) is 5.32. The third-order valence-electron chi connectivity index (χ3n) is 4.35. The van der Waals surface area contributed by atoms with Gasteiger partial charge in [0.2, 0.25) is 0 Å². The predicted molar refractivity (Wildman–Crippen MR) is 119 cm³/mol. The molecule has 0 radical (unpaired) electrons. The maximum atomic E-state index is 5.32. The van der Waals surface area contributed by atoms with Gasteiger partial charge in [-0.3, -0.25) is 5.43 Å². The van der Waals surface area contributed by atoms with E-state index in [1.807, 2.05) is 60.7 Å². The molecule has 0 saturated carbocycles. The number of ether oxygens (including phenoxy) is 1. The van der Waals surface area contributed by atoms with Crippen LogP contribution in [-0.4, -0.2) is 23.4 Å². The second-order valence-corrected chi connectivity index (χ2v) is 6.49. The van der Waals surface area contributed by atoms with Crippen LogP contribution in [0, 0.1) is 0 Å². The molecule has 28 heavy (non-hydrogen) atoms. The zero-order valence-electron chi connectivity index (χ0n) is 15.2. The molecule has 0 atom stereocenters. The third-order valence-corrected chi connectivity index (χ3v) is 4.54. The average molecular weight is 386 g/mol. The maximum Gasteiger partial charge on any atom is 0.191 e. The minimum atomic E-state index is 0.367. The van der Waals surface area contributed by atoms with E-state index in [1.165, 1.54) is 0 Å². The topological polar surface area (TPSA) is 58.5 Å². The number of hydrazone groups is 1. The Morgan fingerprint density at radius 3 is 2.43 bits per heavy atom. The van der Waals surface area contributed by atoms with Crippen molar-refractivity contribution in [2.24, 2.45) is 5.10 Å². The second-order valence-electron chi connectivity index (χ2n) is 6.08. The number of methoxy groups -OCH3 is 1. The van der Waals surface area contributed by atoms with Crippen molar-refractivity contribution in [2.45, 2.75) is 0 Å². The van der Waals surface area contributed by atoms with Gasteiger partial charge in [0.15, 0.2) is 5.11 Å². The Balaban J connectivity index is 1.57. The molecule has 1 heterocycles. The lowest BCUT2D eigenvalue weighted by molar-refractivity contribution is 0.417. The molecule has 0 unspecified atom stereocenters. The van der Waals surface area contributed by atoms with Gasteiger partial charge in [-0.1, -0.05) is 54.6 Å². The molecule has 0 saturated heterocycles. The number of pyridine rings is 1. The Bertz CT molecular complexity index is 1190. The van der Waals surface area contributed by atoms with E-state index in [4.69, 9.17) is 21.9 Å². The number of rotatable bonds is 4. The van der Waals surface area contributed by atoms with Crippen molar-refractivity contribution in [1.29, 1.82) is 0 Å². The fraction of sp³-hybridized carbons (Fsp3) is 0.0455. The van der Waals surface area contributed by atoms with E-state index < -0.39 is 0 Å². The molecule has 6 heteroatoms. The summed E-state index contributed by atoms with van der Waals surface area (Å²) < 4.78 is 5.31. The summed E-state index contributed by atoms with van der Waals surface area (Å²) in [6, 6.07) is 23.8. The Kier molecular flexibility index (Phi) is 5.12. The molecule has 0 amide bonds. The molecule has 0 fully saturated rings. The largest absolute Gasteiger partial charge is 0.495 e. The third kappa shape index (κ3) is 3.63. The number of nitrogens with one attached hydrogen (secondary N) is 2. The highest BCUT2D eigenvalue weighted by atomic mass is 32.1. The van der Waals surface area contributed by atoms with E-state index in [0.717, 1.165) is 33.1 Å². The van der Waals surface area contributed by atoms with E-state index in [0.29, 0.717) is 10.9 Å². The van der Waals surface area contributed by atoms with Crippen molar-refractivity contribution in [1.82, 2.24) is 10.4 Å². The number of hydrogen-bond acceptors (Lipinski definition) is 4. The van der Waals surface area contributed by atoms with Crippen LogP contribution in [0.4, 0.5) is 5.69 Å². The van der Waals surface area contributed by atoms with E-state index in [2.05, 4.69) is 28.0 Å². The molecule has 0 spiro atoms. The molecule has 0 aliphatic heterocycles. The highest BCUT2D eigenvalue weighted by molar-refractivity contribution is 7.80. The molecule has 2 N–H and O–H groups in total. The summed E-state index contributed by atoms with van der Waals surface area (Å²) in [6.07, 6.45) is 1.69. The number of fused-ring (bicyclic) bond motifs is 3. The fourth-order valence-corrected chi connectivity index (χ4v) is 3.24. The van der Waals surface area contributed by atoms with Gasteiger partial charge in [0.25, 0.3) is 0 Å². The number of anilines is 1. The number of benzene rings is 3. The maximum absolute atomic E-state index is 5.32. The van der Waals surface area contributed by atoms with Crippen molar-refractivity contribution in [3.05, 3.63) is 78.5 Å². The SMILES string of the molecule is COc1ccccc1NC(=S)N/N=C\c1nc2ccccc2c2ccccc12. The summed E-state index contributed by atoms with van der Waals surface area (Å²) in [5.74, 6) is 0.706. The van der Waals surface area contributed by atoms with Crippen molar-refractivity contribution >= 4 is 50.9 Å². The smallest absolute Gasteiger partial charge is 0.191 e. The Morgan fingerprint density at radius 2 is 1.61 bits per heavy atom. The molecule has 5 nitrogen and oxygen atoms in total. The summed E-state index contributed by atoms with van der Waals surface area (Å²) in [4.78, 5) is 4.74.